The Hall–Kier alpha value is -2.04. The molecule has 2 aromatic heterocycles. The molecule has 0 bridgehead atoms. The van der Waals surface area contributed by atoms with Crippen LogP contribution in [-0.4, -0.2) is 9.97 Å². The van der Waals surface area contributed by atoms with E-state index in [-0.39, 0.29) is 0 Å². The highest BCUT2D eigenvalue weighted by Gasteiger charge is 2.10. The monoisotopic (exact) mass is 218 g/mol. The predicted molar refractivity (Wildman–Crippen MR) is 61.8 cm³/mol. The Bertz CT molecular complexity index is 519. The Morgan fingerprint density at radius 1 is 1.31 bits per heavy atom. The van der Waals surface area contributed by atoms with Crippen LogP contribution in [0.15, 0.2) is 16.7 Å². The minimum absolute atomic E-state index is 0.353. The molecule has 5 heteroatoms. The van der Waals surface area contributed by atoms with E-state index in [1.54, 1.807) is 6.20 Å². The van der Waals surface area contributed by atoms with Crippen molar-refractivity contribution in [2.75, 3.05) is 11.5 Å². The summed E-state index contributed by atoms with van der Waals surface area (Å²) in [7, 11) is 0. The third-order valence-electron chi connectivity index (χ3n) is 2.46. The van der Waals surface area contributed by atoms with E-state index >= 15 is 0 Å². The molecule has 16 heavy (non-hydrogen) atoms. The lowest BCUT2D eigenvalue weighted by molar-refractivity contribution is 0.482. The lowest BCUT2D eigenvalue weighted by Gasteiger charge is -2.05. The van der Waals surface area contributed by atoms with Crippen LogP contribution in [0, 0.1) is 13.8 Å². The maximum Gasteiger partial charge on any atom is 0.191 e. The van der Waals surface area contributed by atoms with Crippen LogP contribution >= 0.6 is 0 Å². The minimum Gasteiger partial charge on any atom is -0.445 e. The zero-order valence-corrected chi connectivity index (χ0v) is 9.32. The number of nitrogens with zero attached hydrogens (tertiary/aromatic N) is 2. The number of hydrogen-bond donors (Lipinski definition) is 2. The van der Waals surface area contributed by atoms with Gasteiger partial charge in [-0.05, 0) is 18.6 Å². The van der Waals surface area contributed by atoms with Crippen molar-refractivity contribution in [2.24, 2.45) is 0 Å². The fourth-order valence-electron chi connectivity index (χ4n) is 1.60. The number of aryl methyl sites for hydroxylation is 2. The van der Waals surface area contributed by atoms with Crippen LogP contribution in [0.25, 0.3) is 0 Å². The van der Waals surface area contributed by atoms with Gasteiger partial charge in [-0.1, -0.05) is 0 Å². The van der Waals surface area contributed by atoms with Gasteiger partial charge in [-0.15, -0.1) is 0 Å². The standard InChI is InChI=1S/C11H14N4O/c1-6-9(16-7(2)15-6)5-8-3-4-14-11(13)10(8)12/h3-4H,5,12H2,1-2H3,(H2,13,14). The second kappa shape index (κ2) is 3.84. The van der Waals surface area contributed by atoms with Crippen molar-refractivity contribution < 1.29 is 4.42 Å². The molecule has 0 saturated carbocycles. The van der Waals surface area contributed by atoms with Gasteiger partial charge in [0.15, 0.2) is 5.89 Å². The fraction of sp³-hybridized carbons (Fsp3) is 0.273. The molecule has 2 rings (SSSR count). The maximum atomic E-state index is 5.84. The van der Waals surface area contributed by atoms with Crippen LogP contribution in [0.1, 0.15) is 22.9 Å². The maximum absolute atomic E-state index is 5.84. The zero-order valence-electron chi connectivity index (χ0n) is 9.32. The molecule has 0 aliphatic carbocycles. The van der Waals surface area contributed by atoms with Crippen molar-refractivity contribution in [1.82, 2.24) is 9.97 Å². The average Bonchev–Trinajstić information content (AvgIpc) is 2.53. The summed E-state index contributed by atoms with van der Waals surface area (Å²) in [5, 5.41) is 0. The average molecular weight is 218 g/mol. The van der Waals surface area contributed by atoms with E-state index in [2.05, 4.69) is 9.97 Å². The van der Waals surface area contributed by atoms with Gasteiger partial charge in [-0.2, -0.15) is 0 Å². The summed E-state index contributed by atoms with van der Waals surface area (Å²) in [6.45, 7) is 3.73. The fourth-order valence-corrected chi connectivity index (χ4v) is 1.60. The zero-order chi connectivity index (χ0) is 11.7. The number of oxazole rings is 1. The van der Waals surface area contributed by atoms with Crippen molar-refractivity contribution in [3.8, 4) is 0 Å². The highest BCUT2D eigenvalue weighted by molar-refractivity contribution is 5.63. The molecular weight excluding hydrogens is 204 g/mol. The van der Waals surface area contributed by atoms with Crippen LogP contribution in [0.2, 0.25) is 0 Å². The molecule has 0 fully saturated rings. The van der Waals surface area contributed by atoms with Crippen molar-refractivity contribution in [3.05, 3.63) is 35.2 Å². The van der Waals surface area contributed by atoms with E-state index in [1.165, 1.54) is 0 Å². The van der Waals surface area contributed by atoms with Gasteiger partial charge in [0.25, 0.3) is 0 Å². The first-order valence-electron chi connectivity index (χ1n) is 4.99. The van der Waals surface area contributed by atoms with Gasteiger partial charge < -0.3 is 15.9 Å². The van der Waals surface area contributed by atoms with Crippen molar-refractivity contribution >= 4 is 11.5 Å². The summed E-state index contributed by atoms with van der Waals surface area (Å²) >= 11 is 0. The first-order valence-corrected chi connectivity index (χ1v) is 4.99. The summed E-state index contributed by atoms with van der Waals surface area (Å²) in [6, 6.07) is 1.84. The Balaban J connectivity index is 2.34. The quantitative estimate of drug-likeness (QED) is 0.795. The van der Waals surface area contributed by atoms with Gasteiger partial charge in [-0.25, -0.2) is 9.97 Å². The Kier molecular flexibility index (Phi) is 2.52. The molecule has 4 N–H and O–H groups in total. The highest BCUT2D eigenvalue weighted by atomic mass is 16.4. The van der Waals surface area contributed by atoms with Gasteiger partial charge in [0, 0.05) is 19.5 Å². The van der Waals surface area contributed by atoms with E-state index in [0.717, 1.165) is 17.0 Å². The van der Waals surface area contributed by atoms with Crippen LogP contribution < -0.4 is 11.5 Å². The van der Waals surface area contributed by atoms with Gasteiger partial charge in [0.2, 0.25) is 0 Å². The van der Waals surface area contributed by atoms with E-state index in [4.69, 9.17) is 15.9 Å². The summed E-state index contributed by atoms with van der Waals surface area (Å²) in [4.78, 5) is 8.12. The van der Waals surface area contributed by atoms with Crippen LogP contribution in [0.5, 0.6) is 0 Å². The third-order valence-corrected chi connectivity index (χ3v) is 2.46. The van der Waals surface area contributed by atoms with Crippen LogP contribution in [-0.2, 0) is 6.42 Å². The van der Waals surface area contributed by atoms with Gasteiger partial charge in [0.05, 0.1) is 11.4 Å². The van der Waals surface area contributed by atoms with E-state index in [1.807, 2.05) is 19.9 Å². The topological polar surface area (TPSA) is 91.0 Å². The molecule has 84 valence electrons. The molecule has 2 aromatic rings. The molecule has 0 aliphatic rings. The van der Waals surface area contributed by atoms with Gasteiger partial charge in [-0.3, -0.25) is 0 Å². The van der Waals surface area contributed by atoms with E-state index in [0.29, 0.717) is 23.8 Å². The van der Waals surface area contributed by atoms with Crippen molar-refractivity contribution in [3.63, 3.8) is 0 Å². The minimum atomic E-state index is 0.353. The number of nitrogen functional groups attached to an aromatic ring is 2. The van der Waals surface area contributed by atoms with Crippen molar-refractivity contribution in [1.29, 1.82) is 0 Å². The smallest absolute Gasteiger partial charge is 0.191 e. The summed E-state index contributed by atoms with van der Waals surface area (Å²) in [5.74, 6) is 1.83. The molecule has 0 spiro atoms. The molecule has 0 saturated heterocycles. The van der Waals surface area contributed by atoms with Crippen LogP contribution in [0.3, 0.4) is 0 Å². The second-order valence-corrected chi connectivity index (χ2v) is 3.69. The molecule has 0 radical (unpaired) electrons. The molecule has 0 atom stereocenters. The number of nitrogens with two attached hydrogens (primary N) is 2. The van der Waals surface area contributed by atoms with Crippen molar-refractivity contribution in [2.45, 2.75) is 20.3 Å². The SMILES string of the molecule is Cc1nc(C)c(Cc2ccnc(N)c2N)o1. The second-order valence-electron chi connectivity index (χ2n) is 3.69. The Morgan fingerprint density at radius 3 is 2.69 bits per heavy atom. The number of aromatic nitrogens is 2. The number of hydrogen-bond acceptors (Lipinski definition) is 5. The molecule has 0 aliphatic heterocycles. The molecule has 0 unspecified atom stereocenters. The van der Waals surface area contributed by atoms with E-state index in [9.17, 15) is 0 Å². The summed E-state index contributed by atoms with van der Waals surface area (Å²) in [5.41, 5.74) is 13.8. The molecule has 0 aromatic carbocycles. The molecule has 5 nitrogen and oxygen atoms in total. The van der Waals surface area contributed by atoms with Gasteiger partial charge >= 0.3 is 0 Å². The first kappa shape index (κ1) is 10.5. The lowest BCUT2D eigenvalue weighted by atomic mass is 10.1. The molecule has 0 amide bonds. The van der Waals surface area contributed by atoms with Crippen LogP contribution in [0.4, 0.5) is 11.5 Å². The first-order chi connectivity index (χ1) is 7.58. The Morgan fingerprint density at radius 2 is 2.06 bits per heavy atom. The summed E-state index contributed by atoms with van der Waals surface area (Å²) in [6.07, 6.45) is 2.23. The molecular formula is C11H14N4O. The molecule has 2 heterocycles. The van der Waals surface area contributed by atoms with Gasteiger partial charge in [0.1, 0.15) is 11.6 Å². The normalized spacial score (nSPS) is 10.6. The predicted octanol–water partition coefficient (Wildman–Crippen LogP) is 1.44. The third kappa shape index (κ3) is 1.84. The number of pyridine rings is 1. The number of rotatable bonds is 2. The number of anilines is 2. The Labute approximate surface area is 93.5 Å². The highest BCUT2D eigenvalue weighted by Crippen LogP contribution is 2.22. The van der Waals surface area contributed by atoms with E-state index < -0.39 is 0 Å². The largest absolute Gasteiger partial charge is 0.445 e. The summed E-state index contributed by atoms with van der Waals surface area (Å²) < 4.78 is 5.49. The lowest BCUT2D eigenvalue weighted by Crippen LogP contribution is -2.02.